The molecule has 1 rings (SSSR count). The van der Waals surface area contributed by atoms with Gasteiger partial charge in [-0.3, -0.25) is 0 Å². The van der Waals surface area contributed by atoms with Gasteiger partial charge in [-0.1, -0.05) is 0 Å². The summed E-state index contributed by atoms with van der Waals surface area (Å²) in [6, 6.07) is 0.689. The number of piperazine rings is 1. The summed E-state index contributed by atoms with van der Waals surface area (Å²) in [5.74, 6) is -2.51. The summed E-state index contributed by atoms with van der Waals surface area (Å²) in [7, 11) is 2.16. The molecule has 6 heteroatoms. The lowest BCUT2D eigenvalue weighted by Crippen LogP contribution is -2.47. The molecule has 16 heavy (non-hydrogen) atoms. The van der Waals surface area contributed by atoms with Crippen molar-refractivity contribution in [2.75, 3.05) is 26.7 Å². The summed E-state index contributed by atoms with van der Waals surface area (Å²) < 4.78 is 0. The maximum atomic E-state index is 9.55. The maximum Gasteiger partial charge on any atom is 0.328 e. The number of carboxylic acid groups (broad SMARTS) is 2. The van der Waals surface area contributed by atoms with Crippen molar-refractivity contribution in [2.45, 2.75) is 13.0 Å². The van der Waals surface area contributed by atoms with Gasteiger partial charge >= 0.3 is 11.9 Å². The molecule has 1 fully saturated rings. The van der Waals surface area contributed by atoms with E-state index < -0.39 is 11.9 Å². The molecule has 0 saturated carbocycles. The normalized spacial score (nSPS) is 21.2. The molecule has 0 aromatic rings. The van der Waals surface area contributed by atoms with Crippen molar-refractivity contribution >= 4 is 11.9 Å². The number of carboxylic acids is 2. The second kappa shape index (κ2) is 7.84. The summed E-state index contributed by atoms with van der Waals surface area (Å²) >= 11 is 0. The minimum Gasteiger partial charge on any atom is -0.478 e. The molecule has 0 bridgehead atoms. The fourth-order valence-electron chi connectivity index (χ4n) is 1.27. The van der Waals surface area contributed by atoms with Crippen molar-refractivity contribution in [3.05, 3.63) is 12.2 Å². The number of nitrogens with zero attached hydrogens (tertiary/aromatic N) is 1. The van der Waals surface area contributed by atoms with Gasteiger partial charge < -0.3 is 20.4 Å². The molecular formula is C10H18N2O4. The first-order chi connectivity index (χ1) is 7.41. The topological polar surface area (TPSA) is 89.9 Å². The van der Waals surface area contributed by atoms with Gasteiger partial charge in [0.1, 0.15) is 0 Å². The Morgan fingerprint density at radius 3 is 2.06 bits per heavy atom. The van der Waals surface area contributed by atoms with Crippen molar-refractivity contribution in [3.63, 3.8) is 0 Å². The van der Waals surface area contributed by atoms with Crippen LogP contribution in [0.5, 0.6) is 0 Å². The van der Waals surface area contributed by atoms with Crippen LogP contribution in [0.2, 0.25) is 0 Å². The van der Waals surface area contributed by atoms with E-state index in [9.17, 15) is 9.59 Å². The predicted octanol–water partition coefficient (Wildman–Crippen LogP) is -0.378. The van der Waals surface area contributed by atoms with E-state index in [-0.39, 0.29) is 0 Å². The van der Waals surface area contributed by atoms with Crippen molar-refractivity contribution in [1.82, 2.24) is 10.2 Å². The first kappa shape index (κ1) is 14.6. The zero-order chi connectivity index (χ0) is 12.6. The third-order valence-corrected chi connectivity index (χ3v) is 1.94. The molecule has 1 atom stereocenters. The van der Waals surface area contributed by atoms with Gasteiger partial charge in [-0.2, -0.15) is 0 Å². The van der Waals surface area contributed by atoms with E-state index in [0.717, 1.165) is 6.54 Å². The highest BCUT2D eigenvalue weighted by Crippen LogP contribution is 1.92. The number of aliphatic carboxylic acids is 2. The number of hydrogen-bond donors (Lipinski definition) is 3. The lowest BCUT2D eigenvalue weighted by Gasteiger charge is -2.28. The lowest BCUT2D eigenvalue weighted by molar-refractivity contribution is -0.134. The third kappa shape index (κ3) is 9.17. The Morgan fingerprint density at radius 2 is 1.81 bits per heavy atom. The molecule has 0 spiro atoms. The van der Waals surface area contributed by atoms with E-state index in [2.05, 4.69) is 24.2 Å². The molecule has 6 nitrogen and oxygen atoms in total. The van der Waals surface area contributed by atoms with Gasteiger partial charge in [-0.05, 0) is 14.0 Å². The van der Waals surface area contributed by atoms with Gasteiger partial charge in [0.2, 0.25) is 0 Å². The first-order valence-electron chi connectivity index (χ1n) is 4.97. The van der Waals surface area contributed by atoms with Crippen LogP contribution >= 0.6 is 0 Å². The van der Waals surface area contributed by atoms with Gasteiger partial charge in [0.25, 0.3) is 0 Å². The van der Waals surface area contributed by atoms with E-state index in [1.165, 1.54) is 13.1 Å². The maximum absolute atomic E-state index is 9.55. The first-order valence-corrected chi connectivity index (χ1v) is 4.97. The van der Waals surface area contributed by atoms with Crippen LogP contribution in [0, 0.1) is 0 Å². The average Bonchev–Trinajstić information content (AvgIpc) is 2.15. The minimum atomic E-state index is -1.26. The summed E-state index contributed by atoms with van der Waals surface area (Å²) in [4.78, 5) is 21.5. The Kier molecular flexibility index (Phi) is 7.15. The smallest absolute Gasteiger partial charge is 0.328 e. The molecule has 0 aliphatic carbocycles. The molecule has 1 heterocycles. The van der Waals surface area contributed by atoms with Crippen molar-refractivity contribution < 1.29 is 19.8 Å². The van der Waals surface area contributed by atoms with Crippen LogP contribution in [0.25, 0.3) is 0 Å². The number of hydrogen-bond acceptors (Lipinski definition) is 4. The number of nitrogens with one attached hydrogen (secondary N) is 1. The molecule has 0 aromatic carbocycles. The van der Waals surface area contributed by atoms with Gasteiger partial charge in [0.05, 0.1) is 0 Å². The van der Waals surface area contributed by atoms with Crippen molar-refractivity contribution in [3.8, 4) is 0 Å². The molecular weight excluding hydrogens is 212 g/mol. The second-order valence-corrected chi connectivity index (χ2v) is 3.63. The molecule has 0 unspecified atom stereocenters. The number of carbonyl (C=O) groups is 2. The predicted molar refractivity (Wildman–Crippen MR) is 59.4 cm³/mol. The number of likely N-dealkylation sites (N-methyl/N-ethyl adjacent to an activating group) is 1. The van der Waals surface area contributed by atoms with Crippen LogP contribution in [0.3, 0.4) is 0 Å². The quantitative estimate of drug-likeness (QED) is 0.560. The van der Waals surface area contributed by atoms with E-state index in [4.69, 9.17) is 10.2 Å². The highest BCUT2D eigenvalue weighted by molar-refractivity contribution is 5.89. The van der Waals surface area contributed by atoms with Gasteiger partial charge in [-0.15, -0.1) is 0 Å². The molecule has 1 aliphatic rings. The minimum absolute atomic E-state index is 0.558. The molecule has 0 radical (unpaired) electrons. The summed E-state index contributed by atoms with van der Waals surface area (Å²) in [6.07, 6.45) is 1.12. The summed E-state index contributed by atoms with van der Waals surface area (Å²) in [6.45, 7) is 5.76. The van der Waals surface area contributed by atoms with E-state index in [0.29, 0.717) is 18.2 Å². The molecule has 92 valence electrons. The summed E-state index contributed by atoms with van der Waals surface area (Å²) in [5, 5.41) is 19.0. The molecule has 3 N–H and O–H groups in total. The zero-order valence-electron chi connectivity index (χ0n) is 9.51. The Bertz CT molecular complexity index is 242. The average molecular weight is 230 g/mol. The van der Waals surface area contributed by atoms with Gasteiger partial charge in [0.15, 0.2) is 0 Å². The van der Waals surface area contributed by atoms with Crippen molar-refractivity contribution in [2.24, 2.45) is 0 Å². The highest BCUT2D eigenvalue weighted by Gasteiger charge is 2.09. The van der Waals surface area contributed by atoms with Crippen LogP contribution in [-0.4, -0.2) is 59.8 Å². The van der Waals surface area contributed by atoms with Crippen LogP contribution in [0.4, 0.5) is 0 Å². The largest absolute Gasteiger partial charge is 0.478 e. The van der Waals surface area contributed by atoms with Gasteiger partial charge in [-0.25, -0.2) is 9.59 Å². The Hall–Kier alpha value is -1.40. The van der Waals surface area contributed by atoms with Crippen LogP contribution in [0.15, 0.2) is 12.2 Å². The lowest BCUT2D eigenvalue weighted by atomic mass is 10.2. The fraction of sp³-hybridized carbons (Fsp3) is 0.600. The summed E-state index contributed by atoms with van der Waals surface area (Å²) in [5.41, 5.74) is 0. The standard InChI is InChI=1S/C6H14N2.C4H4O4/c1-6-5-8(2)4-3-7-6;5-3(6)1-2-4(7)8/h6-7H,3-5H2,1-2H3;1-2H,(H,5,6)(H,7,8)/b;2-1+/t6-;/m1./s1. The Labute approximate surface area is 94.6 Å². The fourth-order valence-corrected chi connectivity index (χ4v) is 1.27. The monoisotopic (exact) mass is 230 g/mol. The Balaban J connectivity index is 0.000000281. The molecule has 0 aromatic heterocycles. The Morgan fingerprint density at radius 1 is 1.31 bits per heavy atom. The van der Waals surface area contributed by atoms with Crippen LogP contribution in [0.1, 0.15) is 6.92 Å². The molecule has 1 saturated heterocycles. The number of rotatable bonds is 2. The SMILES string of the molecule is C[C@@H]1CN(C)CCN1.O=C(O)/C=C/C(=O)O. The van der Waals surface area contributed by atoms with Gasteiger partial charge in [0, 0.05) is 37.8 Å². The van der Waals surface area contributed by atoms with Crippen LogP contribution in [-0.2, 0) is 9.59 Å². The van der Waals surface area contributed by atoms with Crippen LogP contribution < -0.4 is 5.32 Å². The highest BCUT2D eigenvalue weighted by atomic mass is 16.4. The zero-order valence-corrected chi connectivity index (χ0v) is 9.51. The van der Waals surface area contributed by atoms with E-state index in [1.807, 2.05) is 0 Å². The van der Waals surface area contributed by atoms with Crippen molar-refractivity contribution in [1.29, 1.82) is 0 Å². The second-order valence-electron chi connectivity index (χ2n) is 3.63. The molecule has 0 amide bonds. The van der Waals surface area contributed by atoms with E-state index >= 15 is 0 Å². The van der Waals surface area contributed by atoms with E-state index in [1.54, 1.807) is 0 Å². The molecule has 1 aliphatic heterocycles. The third-order valence-electron chi connectivity index (χ3n) is 1.94.